The maximum atomic E-state index is 13.2. The third-order valence-corrected chi connectivity index (χ3v) is 8.83. The zero-order valence-electron chi connectivity index (χ0n) is 16.4. The van der Waals surface area contributed by atoms with Crippen molar-refractivity contribution in [3.63, 3.8) is 0 Å². The predicted molar refractivity (Wildman–Crippen MR) is 105 cm³/mol. The van der Waals surface area contributed by atoms with Gasteiger partial charge in [-0.1, -0.05) is 6.92 Å². The monoisotopic (exact) mass is 368 g/mol. The number of Topliss-reactive ketones (excluding diaryl/α,β-unsaturated/α-hetero) is 1. The summed E-state index contributed by atoms with van der Waals surface area (Å²) in [6, 6.07) is 3.82. The van der Waals surface area contributed by atoms with Crippen LogP contribution in [0, 0.1) is 35.0 Å². The fraction of sp³-hybridized carbons (Fsp3) is 0.708. The highest BCUT2D eigenvalue weighted by molar-refractivity contribution is 6.01. The van der Waals surface area contributed by atoms with E-state index >= 15 is 0 Å². The second kappa shape index (κ2) is 6.62. The van der Waals surface area contributed by atoms with Crippen molar-refractivity contribution in [2.24, 2.45) is 35.0 Å². The van der Waals surface area contributed by atoms with Gasteiger partial charge in [-0.2, -0.15) is 0 Å². The van der Waals surface area contributed by atoms with Gasteiger partial charge in [-0.05, 0) is 111 Å². The molecule has 0 saturated heterocycles. The van der Waals surface area contributed by atoms with Gasteiger partial charge in [0.2, 0.25) is 0 Å². The van der Waals surface area contributed by atoms with Crippen LogP contribution in [0.15, 0.2) is 28.4 Å². The molecule has 7 unspecified atom stereocenters. The van der Waals surface area contributed by atoms with Gasteiger partial charge >= 0.3 is 0 Å². The van der Waals surface area contributed by atoms with Crippen molar-refractivity contribution in [3.05, 3.63) is 29.7 Å². The summed E-state index contributed by atoms with van der Waals surface area (Å²) in [4.78, 5) is 13.2. The Labute approximate surface area is 162 Å². The van der Waals surface area contributed by atoms with Crippen LogP contribution in [0.2, 0.25) is 0 Å². The Kier molecular flexibility index (Phi) is 4.34. The van der Waals surface area contributed by atoms with Gasteiger partial charge in [0, 0.05) is 5.92 Å². The second-order valence-corrected chi connectivity index (χ2v) is 9.91. The molecule has 3 heteroatoms. The molecule has 27 heavy (non-hydrogen) atoms. The molecule has 4 saturated carbocycles. The normalized spacial score (nSPS) is 45.9. The lowest BCUT2D eigenvalue weighted by Crippen LogP contribution is -2.53. The van der Waals surface area contributed by atoms with Crippen LogP contribution in [0.5, 0.6) is 0 Å². The van der Waals surface area contributed by atoms with E-state index in [1.54, 1.807) is 6.26 Å². The average Bonchev–Trinajstić information content (AvgIpc) is 3.17. The molecule has 0 spiro atoms. The number of hydrogen-bond acceptors (Lipinski definition) is 3. The summed E-state index contributed by atoms with van der Waals surface area (Å²) in [6.45, 7) is 2.51. The lowest BCUT2D eigenvalue weighted by Gasteiger charge is -2.59. The Morgan fingerprint density at radius 1 is 1.15 bits per heavy atom. The molecule has 0 aromatic carbocycles. The lowest BCUT2D eigenvalue weighted by atomic mass is 9.45. The maximum Gasteiger partial charge on any atom is 0.162 e. The molecular formula is C24H32O3. The molecule has 7 atom stereocenters. The topological polar surface area (TPSA) is 50.4 Å². The molecule has 1 aromatic heterocycles. The standard InChI is InChI=1S/C24H32O3/c1-24-11-10-17(25)14-16(24)5-7-20-19-6-4-15(13-18-3-2-12-27-18)23(26)21(19)8-9-22(20)24/h2-3,12-13,16-17,19-22,25H,4-11,14H2,1H3/b15-13+. The summed E-state index contributed by atoms with van der Waals surface area (Å²) < 4.78 is 5.44. The van der Waals surface area contributed by atoms with E-state index < -0.39 is 0 Å². The third kappa shape index (κ3) is 2.85. The summed E-state index contributed by atoms with van der Waals surface area (Å²) in [6.07, 6.45) is 13.6. The van der Waals surface area contributed by atoms with Gasteiger partial charge in [-0.3, -0.25) is 4.79 Å². The van der Waals surface area contributed by atoms with Crippen molar-refractivity contribution in [1.29, 1.82) is 0 Å². The highest BCUT2D eigenvalue weighted by Gasteiger charge is 2.55. The predicted octanol–water partition coefficient (Wildman–Crippen LogP) is 5.25. The summed E-state index contributed by atoms with van der Waals surface area (Å²) in [5.41, 5.74) is 1.37. The Morgan fingerprint density at radius 3 is 2.85 bits per heavy atom. The number of hydrogen-bond donors (Lipinski definition) is 1. The van der Waals surface area contributed by atoms with Crippen LogP contribution >= 0.6 is 0 Å². The minimum absolute atomic E-state index is 0.0819. The quantitative estimate of drug-likeness (QED) is 0.689. The molecule has 1 heterocycles. The average molecular weight is 369 g/mol. The van der Waals surface area contributed by atoms with Crippen molar-refractivity contribution in [2.75, 3.05) is 0 Å². The highest BCUT2D eigenvalue weighted by atomic mass is 16.3. The first-order valence-electron chi connectivity index (χ1n) is 11.0. The van der Waals surface area contributed by atoms with E-state index in [1.165, 1.54) is 25.7 Å². The van der Waals surface area contributed by atoms with Gasteiger partial charge in [0.1, 0.15) is 5.76 Å². The summed E-state index contributed by atoms with van der Waals surface area (Å²) in [5.74, 6) is 4.17. The molecule has 3 nitrogen and oxygen atoms in total. The number of ketones is 1. The fourth-order valence-electron chi connectivity index (χ4n) is 7.46. The molecule has 5 rings (SSSR count). The van der Waals surface area contributed by atoms with E-state index in [0.29, 0.717) is 29.0 Å². The van der Waals surface area contributed by atoms with Crippen LogP contribution in [0.3, 0.4) is 0 Å². The van der Waals surface area contributed by atoms with E-state index in [-0.39, 0.29) is 12.0 Å². The van der Waals surface area contributed by atoms with Crippen LogP contribution < -0.4 is 0 Å². The van der Waals surface area contributed by atoms with E-state index in [0.717, 1.165) is 49.4 Å². The van der Waals surface area contributed by atoms with Crippen molar-refractivity contribution in [2.45, 2.75) is 70.8 Å². The van der Waals surface area contributed by atoms with Gasteiger partial charge in [-0.15, -0.1) is 0 Å². The first-order valence-corrected chi connectivity index (χ1v) is 11.0. The van der Waals surface area contributed by atoms with Crippen LogP contribution in [0.25, 0.3) is 6.08 Å². The molecule has 0 aliphatic heterocycles. The van der Waals surface area contributed by atoms with Gasteiger partial charge in [-0.25, -0.2) is 0 Å². The second-order valence-electron chi connectivity index (χ2n) is 9.91. The van der Waals surface area contributed by atoms with E-state index in [4.69, 9.17) is 4.42 Å². The first-order chi connectivity index (χ1) is 13.1. The van der Waals surface area contributed by atoms with Crippen LogP contribution in [0.1, 0.15) is 70.5 Å². The summed E-state index contributed by atoms with van der Waals surface area (Å²) >= 11 is 0. The molecular weight excluding hydrogens is 336 g/mol. The van der Waals surface area contributed by atoms with Crippen molar-refractivity contribution in [1.82, 2.24) is 0 Å². The fourth-order valence-corrected chi connectivity index (χ4v) is 7.46. The number of aliphatic hydroxyl groups excluding tert-OH is 1. The van der Waals surface area contributed by atoms with Crippen molar-refractivity contribution < 1.29 is 14.3 Å². The molecule has 146 valence electrons. The van der Waals surface area contributed by atoms with E-state index in [9.17, 15) is 9.90 Å². The summed E-state index contributed by atoms with van der Waals surface area (Å²) in [5, 5.41) is 10.2. The Morgan fingerprint density at radius 2 is 2.04 bits per heavy atom. The molecule has 4 aliphatic carbocycles. The number of rotatable bonds is 1. The maximum absolute atomic E-state index is 13.2. The molecule has 0 amide bonds. The Balaban J connectivity index is 1.37. The number of carbonyl (C=O) groups is 1. The van der Waals surface area contributed by atoms with Gasteiger partial charge in [0.25, 0.3) is 0 Å². The molecule has 0 bridgehead atoms. The largest absolute Gasteiger partial charge is 0.465 e. The molecule has 4 aliphatic rings. The zero-order valence-corrected chi connectivity index (χ0v) is 16.4. The summed E-state index contributed by atoms with van der Waals surface area (Å²) in [7, 11) is 0. The molecule has 1 N–H and O–H groups in total. The number of aliphatic hydroxyl groups is 1. The molecule has 4 fully saturated rings. The minimum Gasteiger partial charge on any atom is -0.465 e. The van der Waals surface area contributed by atoms with Gasteiger partial charge in [0.15, 0.2) is 5.78 Å². The first kappa shape index (κ1) is 17.7. The highest BCUT2D eigenvalue weighted by Crippen LogP contribution is 2.62. The zero-order chi connectivity index (χ0) is 18.6. The minimum atomic E-state index is -0.0819. The van der Waals surface area contributed by atoms with Gasteiger partial charge in [0.05, 0.1) is 12.4 Å². The van der Waals surface area contributed by atoms with Crippen LogP contribution in [-0.4, -0.2) is 17.0 Å². The molecule has 1 aromatic rings. The third-order valence-electron chi connectivity index (χ3n) is 8.83. The Hall–Kier alpha value is -1.35. The van der Waals surface area contributed by atoms with Crippen molar-refractivity contribution in [3.8, 4) is 0 Å². The van der Waals surface area contributed by atoms with E-state index in [1.807, 2.05) is 18.2 Å². The number of allylic oxidation sites excluding steroid dienone is 1. The van der Waals surface area contributed by atoms with Crippen LogP contribution in [-0.2, 0) is 4.79 Å². The van der Waals surface area contributed by atoms with Gasteiger partial charge < -0.3 is 9.52 Å². The smallest absolute Gasteiger partial charge is 0.162 e. The SMILES string of the molecule is CC12CCC(O)CC1CCC1C3CC/C(=C\c4ccco4)C(=O)C3CCC12. The Bertz CT molecular complexity index is 733. The number of furan rings is 1. The van der Waals surface area contributed by atoms with Crippen LogP contribution in [0.4, 0.5) is 0 Å². The van der Waals surface area contributed by atoms with E-state index in [2.05, 4.69) is 6.92 Å². The number of fused-ring (bicyclic) bond motifs is 5. The lowest BCUT2D eigenvalue weighted by molar-refractivity contribution is -0.138. The van der Waals surface area contributed by atoms with Crippen molar-refractivity contribution >= 4 is 11.9 Å². The molecule has 0 radical (unpaired) electrons. The number of carbonyl (C=O) groups excluding carboxylic acids is 1.